The molecular formula is C11H9BrF3NOS. The minimum absolute atomic E-state index is 0.140. The fourth-order valence-electron chi connectivity index (χ4n) is 1.82. The number of halogens is 4. The summed E-state index contributed by atoms with van der Waals surface area (Å²) in [6, 6.07) is 3.26. The fourth-order valence-corrected chi connectivity index (χ4v) is 2.60. The Bertz CT molecular complexity index is 492. The molecule has 2 nitrogen and oxygen atoms in total. The van der Waals surface area contributed by atoms with E-state index in [1.165, 1.54) is 11.0 Å². The lowest BCUT2D eigenvalue weighted by Crippen LogP contribution is -2.25. The molecule has 1 amide bonds. The second-order valence-corrected chi connectivity index (χ2v) is 5.61. The van der Waals surface area contributed by atoms with Crippen LogP contribution in [0.4, 0.5) is 18.9 Å². The van der Waals surface area contributed by atoms with Crippen molar-refractivity contribution in [3.8, 4) is 0 Å². The van der Waals surface area contributed by atoms with E-state index in [1.54, 1.807) is 0 Å². The third-order valence-corrected chi connectivity index (χ3v) is 3.69. The zero-order valence-corrected chi connectivity index (χ0v) is 11.5. The highest BCUT2D eigenvalue weighted by Gasteiger charge is 2.34. The highest BCUT2D eigenvalue weighted by atomic mass is 79.9. The Morgan fingerprint density at radius 3 is 2.56 bits per heavy atom. The van der Waals surface area contributed by atoms with Gasteiger partial charge < -0.3 is 4.90 Å². The summed E-state index contributed by atoms with van der Waals surface area (Å²) >= 11 is 7.35. The molecule has 2 rings (SSSR count). The Morgan fingerprint density at radius 2 is 2.06 bits per heavy atom. The summed E-state index contributed by atoms with van der Waals surface area (Å²) < 4.78 is 38.3. The molecule has 1 fully saturated rings. The van der Waals surface area contributed by atoms with Crippen LogP contribution < -0.4 is 4.90 Å². The number of hydrogen-bond acceptors (Lipinski definition) is 2. The molecule has 0 aromatic heterocycles. The van der Waals surface area contributed by atoms with Gasteiger partial charge in [0.25, 0.3) is 0 Å². The second-order valence-electron chi connectivity index (χ2n) is 4.03. The molecule has 1 aliphatic heterocycles. The summed E-state index contributed by atoms with van der Waals surface area (Å²) in [5, 5.41) is -0.140. The average Bonchev–Trinajstić information content (AvgIpc) is 2.56. The molecule has 0 radical (unpaired) electrons. The molecule has 0 N–H and O–H groups in total. The van der Waals surface area contributed by atoms with E-state index in [2.05, 4.69) is 28.6 Å². The first-order chi connectivity index (χ1) is 8.29. The van der Waals surface area contributed by atoms with Crippen molar-refractivity contribution >= 4 is 40.2 Å². The monoisotopic (exact) mass is 339 g/mol. The Hall–Kier alpha value is -0.690. The van der Waals surface area contributed by atoms with Crippen LogP contribution in [0.3, 0.4) is 0 Å². The fraction of sp³-hybridized carbons (Fsp3) is 0.364. The van der Waals surface area contributed by atoms with Gasteiger partial charge in [-0.05, 0) is 34.1 Å². The topological polar surface area (TPSA) is 20.3 Å². The van der Waals surface area contributed by atoms with Gasteiger partial charge in [0.15, 0.2) is 0 Å². The molecule has 1 unspecified atom stereocenters. The van der Waals surface area contributed by atoms with E-state index in [4.69, 9.17) is 0 Å². The van der Waals surface area contributed by atoms with Gasteiger partial charge in [-0.3, -0.25) is 4.79 Å². The van der Waals surface area contributed by atoms with Crippen LogP contribution >= 0.6 is 28.6 Å². The second kappa shape index (κ2) is 4.77. The van der Waals surface area contributed by atoms with Crippen molar-refractivity contribution < 1.29 is 18.0 Å². The molecule has 1 aromatic rings. The molecule has 1 saturated heterocycles. The van der Waals surface area contributed by atoms with Gasteiger partial charge in [-0.2, -0.15) is 25.8 Å². The van der Waals surface area contributed by atoms with Gasteiger partial charge in [0.2, 0.25) is 5.91 Å². The third kappa shape index (κ3) is 2.66. The van der Waals surface area contributed by atoms with Crippen LogP contribution in [0.25, 0.3) is 0 Å². The quantitative estimate of drug-likeness (QED) is 0.776. The Morgan fingerprint density at radius 1 is 1.39 bits per heavy atom. The molecular weight excluding hydrogens is 331 g/mol. The molecule has 0 saturated carbocycles. The minimum Gasteiger partial charge on any atom is -0.310 e. The number of anilines is 1. The number of benzene rings is 1. The lowest BCUT2D eigenvalue weighted by atomic mass is 10.2. The van der Waals surface area contributed by atoms with Crippen LogP contribution in [0.5, 0.6) is 0 Å². The van der Waals surface area contributed by atoms with E-state index in [9.17, 15) is 18.0 Å². The average molecular weight is 340 g/mol. The van der Waals surface area contributed by atoms with Gasteiger partial charge in [-0.1, -0.05) is 0 Å². The van der Waals surface area contributed by atoms with Crippen molar-refractivity contribution in [3.05, 3.63) is 28.2 Å². The van der Waals surface area contributed by atoms with Crippen LogP contribution in [0.1, 0.15) is 12.0 Å². The van der Waals surface area contributed by atoms with Gasteiger partial charge in [-0.25, -0.2) is 0 Å². The summed E-state index contributed by atoms with van der Waals surface area (Å²) in [5.74, 6) is -0.213. The van der Waals surface area contributed by atoms with Gasteiger partial charge in [0.05, 0.1) is 11.3 Å². The summed E-state index contributed by atoms with van der Waals surface area (Å²) in [4.78, 5) is 13.0. The van der Waals surface area contributed by atoms with Crippen molar-refractivity contribution in [3.63, 3.8) is 0 Å². The van der Waals surface area contributed by atoms with Crippen LogP contribution in [-0.4, -0.2) is 17.7 Å². The highest BCUT2D eigenvalue weighted by Crippen LogP contribution is 2.37. The lowest BCUT2D eigenvalue weighted by molar-refractivity contribution is -0.137. The number of carbonyl (C=O) groups is 1. The number of thiol groups is 1. The standard InChI is InChI=1S/C11H9BrF3NOS/c12-8-2-1-6(11(13,14)15)3-9(8)16-5-7(18)4-10(16)17/h1-3,7,18H,4-5H2. The molecule has 18 heavy (non-hydrogen) atoms. The molecule has 1 atom stereocenters. The number of rotatable bonds is 1. The van der Waals surface area contributed by atoms with Crippen molar-refractivity contribution in [1.29, 1.82) is 0 Å². The van der Waals surface area contributed by atoms with E-state index in [0.29, 0.717) is 11.0 Å². The number of hydrogen-bond donors (Lipinski definition) is 1. The van der Waals surface area contributed by atoms with Crippen LogP contribution in [0.2, 0.25) is 0 Å². The summed E-state index contributed by atoms with van der Waals surface area (Å²) in [7, 11) is 0. The van der Waals surface area contributed by atoms with E-state index in [1.807, 2.05) is 0 Å². The largest absolute Gasteiger partial charge is 0.416 e. The first-order valence-corrected chi connectivity index (χ1v) is 6.45. The Labute approximate surface area is 116 Å². The predicted molar refractivity (Wildman–Crippen MR) is 68.9 cm³/mol. The summed E-state index contributed by atoms with van der Waals surface area (Å²) in [6.07, 6.45) is -4.18. The molecule has 0 spiro atoms. The Balaban J connectivity index is 2.41. The normalized spacial score (nSPS) is 20.6. The van der Waals surface area contributed by atoms with Gasteiger partial charge in [0, 0.05) is 22.7 Å². The van der Waals surface area contributed by atoms with E-state index in [0.717, 1.165) is 12.1 Å². The maximum absolute atomic E-state index is 12.6. The van der Waals surface area contributed by atoms with Crippen LogP contribution in [-0.2, 0) is 11.0 Å². The van der Waals surface area contributed by atoms with Crippen molar-refractivity contribution in [2.75, 3.05) is 11.4 Å². The molecule has 1 heterocycles. The highest BCUT2D eigenvalue weighted by molar-refractivity contribution is 9.10. The van der Waals surface area contributed by atoms with Crippen molar-refractivity contribution in [2.24, 2.45) is 0 Å². The third-order valence-electron chi connectivity index (χ3n) is 2.67. The summed E-state index contributed by atoms with van der Waals surface area (Å²) in [6.45, 7) is 0.321. The van der Waals surface area contributed by atoms with E-state index < -0.39 is 11.7 Å². The Kier molecular flexibility index (Phi) is 3.64. The molecule has 7 heteroatoms. The van der Waals surface area contributed by atoms with Crippen LogP contribution in [0.15, 0.2) is 22.7 Å². The predicted octanol–water partition coefficient (Wildman–Crippen LogP) is 3.50. The van der Waals surface area contributed by atoms with E-state index >= 15 is 0 Å². The zero-order valence-electron chi connectivity index (χ0n) is 9.04. The molecule has 1 aliphatic rings. The number of carbonyl (C=O) groups excluding carboxylic acids is 1. The molecule has 1 aromatic carbocycles. The van der Waals surface area contributed by atoms with Crippen molar-refractivity contribution in [1.82, 2.24) is 0 Å². The van der Waals surface area contributed by atoms with Gasteiger partial charge in [-0.15, -0.1) is 0 Å². The molecule has 0 bridgehead atoms. The summed E-state index contributed by atoms with van der Waals surface area (Å²) in [5.41, 5.74) is -0.525. The van der Waals surface area contributed by atoms with E-state index in [-0.39, 0.29) is 23.3 Å². The molecule has 98 valence electrons. The lowest BCUT2D eigenvalue weighted by Gasteiger charge is -2.19. The molecule has 0 aliphatic carbocycles. The maximum atomic E-state index is 12.6. The number of amides is 1. The SMILES string of the molecule is O=C1CC(S)CN1c1cc(C(F)(F)F)ccc1Br. The van der Waals surface area contributed by atoms with Crippen molar-refractivity contribution in [2.45, 2.75) is 17.8 Å². The minimum atomic E-state index is -4.42. The van der Waals surface area contributed by atoms with Crippen LogP contribution in [0, 0.1) is 0 Å². The first kappa shape index (κ1) is 13.7. The number of nitrogens with zero attached hydrogens (tertiary/aromatic N) is 1. The smallest absolute Gasteiger partial charge is 0.310 e. The zero-order chi connectivity index (χ0) is 13.5. The van der Waals surface area contributed by atoms with Gasteiger partial charge in [0.1, 0.15) is 0 Å². The number of alkyl halides is 3. The first-order valence-electron chi connectivity index (χ1n) is 5.14. The van der Waals surface area contributed by atoms with Gasteiger partial charge >= 0.3 is 6.18 Å². The maximum Gasteiger partial charge on any atom is 0.416 e.